The summed E-state index contributed by atoms with van der Waals surface area (Å²) in [4.78, 5) is 15.8. The van der Waals surface area contributed by atoms with Crippen molar-refractivity contribution in [2.45, 2.75) is 25.7 Å². The van der Waals surface area contributed by atoms with Crippen molar-refractivity contribution < 1.29 is 24.2 Å². The third-order valence-electron chi connectivity index (χ3n) is 6.37. The molecule has 36 heavy (non-hydrogen) atoms. The molecule has 0 saturated heterocycles. The molecule has 6 heteroatoms. The van der Waals surface area contributed by atoms with Crippen LogP contribution in [-0.2, 0) is 11.2 Å². The monoisotopic (exact) mass is 481 g/mol. The molecule has 0 amide bonds. The van der Waals surface area contributed by atoms with Gasteiger partial charge in [0.05, 0.1) is 5.57 Å². The van der Waals surface area contributed by atoms with Crippen molar-refractivity contribution in [3.63, 3.8) is 0 Å². The predicted octanol–water partition coefficient (Wildman–Crippen LogP) is 6.78. The summed E-state index contributed by atoms with van der Waals surface area (Å²) < 4.78 is 11.8. The SMILES string of the molecule is O=C(O)COc1cccc(C[C@@H]2CCCC(O)=C2c2nc(-c3ccccc3)c(-c3ccccc3)o2)c1. The molecular formula is C30H27NO5. The Balaban J connectivity index is 1.51. The first-order chi connectivity index (χ1) is 17.6. The number of aromatic nitrogens is 1. The molecule has 1 aromatic heterocycles. The van der Waals surface area contributed by atoms with E-state index >= 15 is 0 Å². The lowest BCUT2D eigenvalue weighted by molar-refractivity contribution is -0.139. The Morgan fingerprint density at radius 3 is 2.42 bits per heavy atom. The second-order valence-electron chi connectivity index (χ2n) is 8.91. The van der Waals surface area contributed by atoms with E-state index in [-0.39, 0.29) is 12.5 Å². The number of allylic oxidation sites excluding steroid dienone is 2. The van der Waals surface area contributed by atoms with Crippen LogP contribution in [0.3, 0.4) is 0 Å². The van der Waals surface area contributed by atoms with Gasteiger partial charge in [0.1, 0.15) is 17.2 Å². The minimum atomic E-state index is -1.02. The molecule has 0 radical (unpaired) electrons. The first-order valence-corrected chi connectivity index (χ1v) is 12.1. The van der Waals surface area contributed by atoms with Gasteiger partial charge < -0.3 is 19.4 Å². The zero-order valence-electron chi connectivity index (χ0n) is 19.8. The molecule has 6 nitrogen and oxygen atoms in total. The number of nitrogens with zero attached hydrogens (tertiary/aromatic N) is 1. The van der Waals surface area contributed by atoms with Crippen LogP contribution in [-0.4, -0.2) is 27.8 Å². The molecule has 0 spiro atoms. The zero-order valence-corrected chi connectivity index (χ0v) is 19.8. The van der Waals surface area contributed by atoms with Gasteiger partial charge in [-0.05, 0) is 42.9 Å². The van der Waals surface area contributed by atoms with Gasteiger partial charge in [0.2, 0.25) is 5.89 Å². The van der Waals surface area contributed by atoms with Crippen LogP contribution >= 0.6 is 0 Å². The maximum atomic E-state index is 11.0. The third-order valence-corrected chi connectivity index (χ3v) is 6.37. The second-order valence-corrected chi connectivity index (χ2v) is 8.91. The molecular weight excluding hydrogens is 454 g/mol. The summed E-state index contributed by atoms with van der Waals surface area (Å²) in [5.74, 6) is 0.910. The summed E-state index contributed by atoms with van der Waals surface area (Å²) >= 11 is 0. The molecule has 1 atom stereocenters. The van der Waals surface area contributed by atoms with Gasteiger partial charge in [0.15, 0.2) is 12.4 Å². The number of oxazole rings is 1. The number of benzene rings is 3. The Labute approximate surface area is 209 Å². The lowest BCUT2D eigenvalue weighted by Crippen LogP contribution is -2.15. The maximum Gasteiger partial charge on any atom is 0.341 e. The molecule has 1 heterocycles. The fourth-order valence-corrected chi connectivity index (χ4v) is 4.74. The Kier molecular flexibility index (Phi) is 6.85. The highest BCUT2D eigenvalue weighted by Crippen LogP contribution is 2.42. The van der Waals surface area contributed by atoms with E-state index in [2.05, 4.69) is 0 Å². The lowest BCUT2D eigenvalue weighted by atomic mass is 9.82. The van der Waals surface area contributed by atoms with Crippen LogP contribution in [0, 0.1) is 5.92 Å². The summed E-state index contributed by atoms with van der Waals surface area (Å²) in [6.07, 6.45) is 2.97. The first-order valence-electron chi connectivity index (χ1n) is 12.1. The van der Waals surface area contributed by atoms with E-state index in [4.69, 9.17) is 19.2 Å². The Morgan fingerprint density at radius 2 is 1.69 bits per heavy atom. The number of hydrogen-bond acceptors (Lipinski definition) is 5. The molecule has 0 unspecified atom stereocenters. The summed E-state index contributed by atoms with van der Waals surface area (Å²) in [7, 11) is 0. The maximum absolute atomic E-state index is 11.0. The van der Waals surface area contributed by atoms with E-state index in [1.807, 2.05) is 78.9 Å². The van der Waals surface area contributed by atoms with Crippen LogP contribution in [0.1, 0.15) is 30.7 Å². The highest BCUT2D eigenvalue weighted by atomic mass is 16.5. The van der Waals surface area contributed by atoms with Crippen molar-refractivity contribution in [1.29, 1.82) is 0 Å². The average Bonchev–Trinajstić information content (AvgIpc) is 3.34. The van der Waals surface area contributed by atoms with Gasteiger partial charge >= 0.3 is 5.97 Å². The van der Waals surface area contributed by atoms with Gasteiger partial charge in [-0.3, -0.25) is 0 Å². The van der Waals surface area contributed by atoms with Crippen LogP contribution in [0.25, 0.3) is 28.2 Å². The van der Waals surface area contributed by atoms with Gasteiger partial charge in [-0.1, -0.05) is 72.8 Å². The lowest BCUT2D eigenvalue weighted by Gasteiger charge is -2.24. The highest BCUT2D eigenvalue weighted by molar-refractivity contribution is 5.79. The minimum absolute atomic E-state index is 0.000583. The largest absolute Gasteiger partial charge is 0.512 e. The molecule has 1 aliphatic carbocycles. The molecule has 0 aliphatic heterocycles. The van der Waals surface area contributed by atoms with Gasteiger partial charge in [0.25, 0.3) is 0 Å². The van der Waals surface area contributed by atoms with E-state index in [9.17, 15) is 9.90 Å². The molecule has 0 fully saturated rings. The van der Waals surface area contributed by atoms with Crippen molar-refractivity contribution in [2.75, 3.05) is 6.61 Å². The van der Waals surface area contributed by atoms with Gasteiger partial charge in [-0.15, -0.1) is 0 Å². The Hall–Kier alpha value is -4.32. The topological polar surface area (TPSA) is 92.8 Å². The summed E-state index contributed by atoms with van der Waals surface area (Å²) in [5.41, 5.74) is 4.34. The smallest absolute Gasteiger partial charge is 0.341 e. The van der Waals surface area contributed by atoms with Crippen LogP contribution < -0.4 is 4.74 Å². The summed E-state index contributed by atoms with van der Waals surface area (Å²) in [6, 6.07) is 27.2. The Bertz CT molecular complexity index is 1320. The van der Waals surface area contributed by atoms with Crippen LogP contribution in [0.4, 0.5) is 0 Å². The third kappa shape index (κ3) is 5.18. The molecule has 182 valence electrons. The number of carbonyl (C=O) groups is 1. The molecule has 0 saturated carbocycles. The first kappa shape index (κ1) is 23.4. The number of aliphatic carboxylic acids is 1. The van der Waals surface area contributed by atoms with Crippen molar-refractivity contribution in [2.24, 2.45) is 5.92 Å². The quantitative estimate of drug-likeness (QED) is 0.288. The zero-order chi connectivity index (χ0) is 24.9. The number of aliphatic hydroxyl groups excluding tert-OH is 1. The second kappa shape index (κ2) is 10.5. The number of hydrogen-bond donors (Lipinski definition) is 2. The number of aliphatic hydroxyl groups is 1. The van der Waals surface area contributed by atoms with E-state index in [0.717, 1.165) is 40.8 Å². The molecule has 5 rings (SSSR count). The van der Waals surface area contributed by atoms with Crippen LogP contribution in [0.2, 0.25) is 0 Å². The van der Waals surface area contributed by atoms with Crippen molar-refractivity contribution in [3.05, 3.63) is 102 Å². The van der Waals surface area contributed by atoms with E-state index in [1.54, 1.807) is 6.07 Å². The molecule has 4 aromatic rings. The molecule has 3 aromatic carbocycles. The van der Waals surface area contributed by atoms with Gasteiger partial charge in [-0.25, -0.2) is 9.78 Å². The van der Waals surface area contributed by atoms with Crippen molar-refractivity contribution >= 4 is 11.5 Å². The van der Waals surface area contributed by atoms with E-state index < -0.39 is 5.97 Å². The fourth-order valence-electron chi connectivity index (χ4n) is 4.74. The van der Waals surface area contributed by atoms with Crippen LogP contribution in [0.15, 0.2) is 95.1 Å². The van der Waals surface area contributed by atoms with Crippen LogP contribution in [0.5, 0.6) is 5.75 Å². The normalized spacial score (nSPS) is 15.6. The highest BCUT2D eigenvalue weighted by Gasteiger charge is 2.30. The standard InChI is InChI=1S/C30H27NO5/c32-25-16-8-14-23(17-20-9-7-15-24(18-20)35-19-26(33)34)27(25)30-31-28(21-10-3-1-4-11-21)29(36-30)22-12-5-2-6-13-22/h1-7,9-13,15,18,23,32H,8,14,16-17,19H2,(H,33,34)/t23-/m0/s1. The number of rotatable bonds is 8. The van der Waals surface area contributed by atoms with Gasteiger partial charge in [-0.2, -0.15) is 0 Å². The molecule has 2 N–H and O–H groups in total. The number of carboxylic acid groups (broad SMARTS) is 1. The van der Waals surface area contributed by atoms with Crippen molar-refractivity contribution in [3.8, 4) is 28.3 Å². The van der Waals surface area contributed by atoms with Gasteiger partial charge in [0, 0.05) is 17.5 Å². The van der Waals surface area contributed by atoms with Crippen molar-refractivity contribution in [1.82, 2.24) is 4.98 Å². The predicted molar refractivity (Wildman–Crippen MR) is 138 cm³/mol. The minimum Gasteiger partial charge on any atom is -0.512 e. The summed E-state index contributed by atoms with van der Waals surface area (Å²) in [5, 5.41) is 19.9. The summed E-state index contributed by atoms with van der Waals surface area (Å²) in [6.45, 7) is -0.389. The number of ether oxygens (including phenoxy) is 1. The Morgan fingerprint density at radius 1 is 0.972 bits per heavy atom. The molecule has 0 bridgehead atoms. The molecule has 1 aliphatic rings. The van der Waals surface area contributed by atoms with E-state index in [0.29, 0.717) is 36.0 Å². The average molecular weight is 482 g/mol. The fraction of sp³-hybridized carbons (Fsp3) is 0.200. The van der Waals surface area contributed by atoms with E-state index in [1.165, 1.54) is 0 Å². The number of carboxylic acids is 1.